The zero-order valence-electron chi connectivity index (χ0n) is 11.9. The Morgan fingerprint density at radius 2 is 1.81 bits per heavy atom. The second kappa shape index (κ2) is 8.42. The number of carbonyl (C=O) groups is 2. The number of rotatable bonds is 3. The number of fused-ring (bicyclic) bond motifs is 1. The van der Waals surface area contributed by atoms with Gasteiger partial charge in [-0.25, -0.2) is 4.79 Å². The van der Waals surface area contributed by atoms with E-state index in [2.05, 4.69) is 63.7 Å². The molecule has 0 bridgehead atoms. The highest BCUT2D eigenvalue weighted by atomic mass is 79.9. The van der Waals surface area contributed by atoms with Crippen molar-refractivity contribution in [2.45, 2.75) is 19.9 Å². The summed E-state index contributed by atoms with van der Waals surface area (Å²) in [7, 11) is 0. The minimum Gasteiger partial charge on any atom is -0.465 e. The van der Waals surface area contributed by atoms with Crippen molar-refractivity contribution in [3.63, 3.8) is 0 Å². The van der Waals surface area contributed by atoms with Crippen LogP contribution in [0.15, 0.2) is 46.9 Å². The van der Waals surface area contributed by atoms with E-state index in [9.17, 15) is 9.59 Å². The standard InChI is InChI=1S/C10H7Br.C6H11NO3/c11-10-6-5-8-3-1-2-4-9(8)7-10;1-4(2)5(3-8)7-6(9)10/h1-7H;3-5,7H,1-2H3,(H,9,10). The van der Waals surface area contributed by atoms with Gasteiger partial charge in [0.15, 0.2) is 0 Å². The third-order valence-corrected chi connectivity index (χ3v) is 3.36. The molecule has 0 radical (unpaired) electrons. The van der Waals surface area contributed by atoms with Crippen molar-refractivity contribution in [2.24, 2.45) is 5.92 Å². The molecule has 112 valence electrons. The van der Waals surface area contributed by atoms with Gasteiger partial charge in [0.05, 0.1) is 6.04 Å². The maximum atomic E-state index is 10.2. The van der Waals surface area contributed by atoms with Gasteiger partial charge in [0.25, 0.3) is 0 Å². The average Bonchev–Trinajstić information content (AvgIpc) is 2.44. The van der Waals surface area contributed by atoms with Crippen LogP contribution < -0.4 is 5.32 Å². The van der Waals surface area contributed by atoms with Crippen LogP contribution in [0.25, 0.3) is 10.8 Å². The van der Waals surface area contributed by atoms with Gasteiger partial charge < -0.3 is 15.2 Å². The molecule has 5 heteroatoms. The van der Waals surface area contributed by atoms with E-state index in [-0.39, 0.29) is 5.92 Å². The fourth-order valence-electron chi connectivity index (χ4n) is 1.66. The number of hydrogen-bond donors (Lipinski definition) is 2. The lowest BCUT2D eigenvalue weighted by molar-refractivity contribution is -0.110. The maximum absolute atomic E-state index is 10.2. The molecular formula is C16H18BrNO3. The van der Waals surface area contributed by atoms with E-state index in [1.54, 1.807) is 13.8 Å². The Hall–Kier alpha value is -1.88. The van der Waals surface area contributed by atoms with Gasteiger partial charge in [-0.1, -0.05) is 60.1 Å². The normalized spacial score (nSPS) is 11.4. The summed E-state index contributed by atoms with van der Waals surface area (Å²) in [6.07, 6.45) is -0.565. The minimum absolute atomic E-state index is 0.00796. The Bertz CT molecular complexity index is 613. The van der Waals surface area contributed by atoms with Gasteiger partial charge in [-0.05, 0) is 28.8 Å². The molecule has 0 spiro atoms. The van der Waals surface area contributed by atoms with E-state index in [1.165, 1.54) is 10.8 Å². The Labute approximate surface area is 132 Å². The molecule has 0 aliphatic rings. The highest BCUT2D eigenvalue weighted by molar-refractivity contribution is 9.10. The number of carbonyl (C=O) groups excluding carboxylic acids is 1. The summed E-state index contributed by atoms with van der Waals surface area (Å²) in [5.41, 5.74) is 0. The Kier molecular flexibility index (Phi) is 6.88. The SMILES string of the molecule is Brc1ccc2ccccc2c1.CC(C)C(C=O)NC(=O)O. The third-order valence-electron chi connectivity index (χ3n) is 2.87. The first-order chi connectivity index (χ1) is 9.93. The van der Waals surface area contributed by atoms with Crippen LogP contribution in [0.2, 0.25) is 0 Å². The maximum Gasteiger partial charge on any atom is 0.405 e. The van der Waals surface area contributed by atoms with Crippen molar-refractivity contribution in [1.29, 1.82) is 0 Å². The largest absolute Gasteiger partial charge is 0.465 e. The van der Waals surface area contributed by atoms with Gasteiger partial charge >= 0.3 is 6.09 Å². The molecule has 1 atom stereocenters. The number of benzene rings is 2. The summed E-state index contributed by atoms with van der Waals surface area (Å²) in [5.74, 6) is 0.00796. The first kappa shape index (κ1) is 17.2. The average molecular weight is 352 g/mol. The van der Waals surface area contributed by atoms with Crippen molar-refractivity contribution in [3.05, 3.63) is 46.9 Å². The molecule has 0 fully saturated rings. The Balaban J connectivity index is 0.000000212. The summed E-state index contributed by atoms with van der Waals surface area (Å²) in [6.45, 7) is 3.55. The van der Waals surface area contributed by atoms with E-state index < -0.39 is 12.1 Å². The number of hydrogen-bond acceptors (Lipinski definition) is 2. The molecule has 2 rings (SSSR count). The van der Waals surface area contributed by atoms with Crippen LogP contribution in [0.4, 0.5) is 4.79 Å². The van der Waals surface area contributed by atoms with Crippen LogP contribution in [0.5, 0.6) is 0 Å². The first-order valence-corrected chi connectivity index (χ1v) is 7.32. The Morgan fingerprint density at radius 1 is 1.19 bits per heavy atom. The molecule has 1 amide bonds. The molecule has 0 aromatic heterocycles. The lowest BCUT2D eigenvalue weighted by Gasteiger charge is -2.12. The van der Waals surface area contributed by atoms with Gasteiger partial charge in [-0.2, -0.15) is 0 Å². The molecule has 0 aliphatic carbocycles. The van der Waals surface area contributed by atoms with Gasteiger partial charge in [0.1, 0.15) is 6.29 Å². The van der Waals surface area contributed by atoms with Gasteiger partial charge in [-0.15, -0.1) is 0 Å². The predicted octanol–water partition coefficient (Wildman–Crippen LogP) is 4.08. The van der Waals surface area contributed by atoms with Gasteiger partial charge in [-0.3, -0.25) is 0 Å². The van der Waals surface area contributed by atoms with Crippen LogP contribution in [-0.4, -0.2) is 23.5 Å². The molecule has 0 saturated heterocycles. The quantitative estimate of drug-likeness (QED) is 0.818. The van der Waals surface area contributed by atoms with Crippen molar-refractivity contribution >= 4 is 39.1 Å². The molecular weight excluding hydrogens is 334 g/mol. The van der Waals surface area contributed by atoms with Crippen molar-refractivity contribution in [1.82, 2.24) is 5.32 Å². The first-order valence-electron chi connectivity index (χ1n) is 6.53. The van der Waals surface area contributed by atoms with Crippen molar-refractivity contribution in [3.8, 4) is 0 Å². The molecule has 2 N–H and O–H groups in total. The lowest BCUT2D eigenvalue weighted by atomic mass is 10.1. The molecule has 4 nitrogen and oxygen atoms in total. The highest BCUT2D eigenvalue weighted by Gasteiger charge is 2.13. The van der Waals surface area contributed by atoms with Crippen LogP contribution >= 0.6 is 15.9 Å². The minimum atomic E-state index is -1.16. The molecule has 0 aliphatic heterocycles. The van der Waals surface area contributed by atoms with Gasteiger partial charge in [0, 0.05) is 4.47 Å². The van der Waals surface area contributed by atoms with Gasteiger partial charge in [0.2, 0.25) is 0 Å². The van der Waals surface area contributed by atoms with Crippen LogP contribution in [0, 0.1) is 5.92 Å². The molecule has 1 unspecified atom stereocenters. The van der Waals surface area contributed by atoms with Crippen LogP contribution in [-0.2, 0) is 4.79 Å². The van der Waals surface area contributed by atoms with E-state index >= 15 is 0 Å². The van der Waals surface area contributed by atoms with Crippen LogP contribution in [0.3, 0.4) is 0 Å². The summed E-state index contributed by atoms with van der Waals surface area (Å²) in [4.78, 5) is 20.2. The monoisotopic (exact) mass is 351 g/mol. The second-order valence-corrected chi connectivity index (χ2v) is 5.76. The molecule has 2 aromatic rings. The zero-order valence-corrected chi connectivity index (χ0v) is 13.5. The number of amides is 1. The predicted molar refractivity (Wildman–Crippen MR) is 87.5 cm³/mol. The van der Waals surface area contributed by atoms with Crippen molar-refractivity contribution < 1.29 is 14.7 Å². The van der Waals surface area contributed by atoms with Crippen LogP contribution in [0.1, 0.15) is 13.8 Å². The second-order valence-electron chi connectivity index (χ2n) is 4.85. The lowest BCUT2D eigenvalue weighted by Crippen LogP contribution is -2.38. The fraction of sp³-hybridized carbons (Fsp3) is 0.250. The smallest absolute Gasteiger partial charge is 0.405 e. The highest BCUT2D eigenvalue weighted by Crippen LogP contribution is 2.18. The topological polar surface area (TPSA) is 66.4 Å². The summed E-state index contributed by atoms with van der Waals surface area (Å²) in [6, 6.07) is 14.0. The molecule has 2 aromatic carbocycles. The number of nitrogens with one attached hydrogen (secondary N) is 1. The summed E-state index contributed by atoms with van der Waals surface area (Å²) < 4.78 is 1.14. The number of aldehydes is 1. The van der Waals surface area contributed by atoms with E-state index in [0.717, 1.165) is 4.47 Å². The zero-order chi connectivity index (χ0) is 15.8. The third kappa shape index (κ3) is 5.95. The fourth-order valence-corrected chi connectivity index (χ4v) is 2.04. The van der Waals surface area contributed by atoms with Crippen molar-refractivity contribution in [2.75, 3.05) is 0 Å². The number of carboxylic acid groups (broad SMARTS) is 1. The molecule has 21 heavy (non-hydrogen) atoms. The molecule has 0 heterocycles. The van der Waals surface area contributed by atoms with E-state index in [0.29, 0.717) is 6.29 Å². The summed E-state index contributed by atoms with van der Waals surface area (Å²) >= 11 is 3.43. The molecule has 0 saturated carbocycles. The Morgan fingerprint density at radius 3 is 2.29 bits per heavy atom. The van der Waals surface area contributed by atoms with E-state index in [4.69, 9.17) is 5.11 Å². The summed E-state index contributed by atoms with van der Waals surface area (Å²) in [5, 5.41) is 12.8. The number of halogens is 1. The van der Waals surface area contributed by atoms with E-state index in [1.807, 2.05) is 0 Å².